The summed E-state index contributed by atoms with van der Waals surface area (Å²) in [4.78, 5) is 34.9. The third-order valence-corrected chi connectivity index (χ3v) is 4.39. The summed E-state index contributed by atoms with van der Waals surface area (Å²) in [5.41, 5.74) is 6.41. The minimum absolute atomic E-state index is 0.0178. The minimum Gasteiger partial charge on any atom is -0.347 e. The molecule has 3 N–H and O–H groups in total. The highest BCUT2D eigenvalue weighted by Gasteiger charge is 2.30. The minimum atomic E-state index is -0.500. The maximum absolute atomic E-state index is 12.9. The number of nitrogens with two attached hydrogens (primary N) is 1. The molecule has 1 aliphatic rings. The van der Waals surface area contributed by atoms with Gasteiger partial charge in [-0.2, -0.15) is 0 Å². The quantitative estimate of drug-likeness (QED) is 0.830. The Hall–Kier alpha value is -2.87. The van der Waals surface area contributed by atoms with Crippen molar-refractivity contribution >= 4 is 11.8 Å². The summed E-state index contributed by atoms with van der Waals surface area (Å²) >= 11 is 0. The van der Waals surface area contributed by atoms with Gasteiger partial charge in [-0.05, 0) is 36.6 Å². The molecule has 0 bridgehead atoms. The number of amides is 2. The average molecular weight is 357 g/mol. The van der Waals surface area contributed by atoms with Gasteiger partial charge in [0.25, 0.3) is 11.8 Å². The maximum atomic E-state index is 12.9. The molecular formula is C18H20FN5O2. The van der Waals surface area contributed by atoms with Gasteiger partial charge < -0.3 is 16.0 Å². The fourth-order valence-corrected chi connectivity index (χ4v) is 2.89. The molecule has 2 amide bonds. The van der Waals surface area contributed by atoms with Crippen LogP contribution in [0.5, 0.6) is 0 Å². The van der Waals surface area contributed by atoms with Gasteiger partial charge in [-0.1, -0.05) is 12.1 Å². The number of hydrogen-bond acceptors (Lipinski definition) is 5. The number of halogens is 1. The zero-order chi connectivity index (χ0) is 18.5. The molecule has 0 saturated carbocycles. The summed E-state index contributed by atoms with van der Waals surface area (Å²) < 4.78 is 12.9. The van der Waals surface area contributed by atoms with Crippen LogP contribution >= 0.6 is 0 Å². The van der Waals surface area contributed by atoms with E-state index < -0.39 is 5.91 Å². The summed E-state index contributed by atoms with van der Waals surface area (Å²) in [6, 6.07) is 5.80. The summed E-state index contributed by atoms with van der Waals surface area (Å²) in [7, 11) is 0. The lowest BCUT2D eigenvalue weighted by atomic mass is 10.1. The molecule has 7 nitrogen and oxygen atoms in total. The molecule has 0 aliphatic carbocycles. The second kappa shape index (κ2) is 8.01. The van der Waals surface area contributed by atoms with Crippen LogP contribution < -0.4 is 11.1 Å². The van der Waals surface area contributed by atoms with Gasteiger partial charge in [0.2, 0.25) is 0 Å². The lowest BCUT2D eigenvalue weighted by Gasteiger charge is -2.17. The van der Waals surface area contributed by atoms with Crippen molar-refractivity contribution in [2.75, 3.05) is 19.6 Å². The van der Waals surface area contributed by atoms with Crippen molar-refractivity contribution in [2.24, 2.45) is 11.7 Å². The van der Waals surface area contributed by atoms with Crippen LogP contribution in [-0.2, 0) is 6.54 Å². The molecule has 1 fully saturated rings. The average Bonchev–Trinajstić information content (AvgIpc) is 3.16. The highest BCUT2D eigenvalue weighted by molar-refractivity contribution is 6.04. The zero-order valence-corrected chi connectivity index (χ0v) is 14.2. The van der Waals surface area contributed by atoms with E-state index in [0.717, 1.165) is 12.0 Å². The lowest BCUT2D eigenvalue weighted by Crippen LogP contribution is -2.34. The first-order chi connectivity index (χ1) is 12.6. The standard InChI is InChI=1S/C18H20FN5O2/c19-14-3-1-12(2-4-14)10-23-17(25)15-16(22-7-6-21-15)18(26)24-8-5-13(9-20)11-24/h1-4,6-7,13H,5,8-11,20H2,(H,23,25). The molecule has 1 saturated heterocycles. The van der Waals surface area contributed by atoms with Crippen molar-refractivity contribution in [3.63, 3.8) is 0 Å². The molecule has 136 valence electrons. The SMILES string of the molecule is NCC1CCN(C(=O)c2nccnc2C(=O)NCc2ccc(F)cc2)C1. The Labute approximate surface area is 150 Å². The Morgan fingerprint density at radius 1 is 1.19 bits per heavy atom. The van der Waals surface area contributed by atoms with Crippen LogP contribution in [0.1, 0.15) is 33.0 Å². The van der Waals surface area contributed by atoms with Crippen LogP contribution in [0.4, 0.5) is 4.39 Å². The van der Waals surface area contributed by atoms with E-state index in [1.54, 1.807) is 17.0 Å². The van der Waals surface area contributed by atoms with E-state index in [4.69, 9.17) is 5.73 Å². The molecule has 2 aromatic rings. The summed E-state index contributed by atoms with van der Waals surface area (Å²) in [5.74, 6) is -0.893. The molecule has 0 spiro atoms. The molecule has 2 heterocycles. The highest BCUT2D eigenvalue weighted by atomic mass is 19.1. The molecular weight excluding hydrogens is 337 g/mol. The van der Waals surface area contributed by atoms with Gasteiger partial charge in [0.05, 0.1) is 0 Å². The van der Waals surface area contributed by atoms with Crippen molar-refractivity contribution in [1.29, 1.82) is 0 Å². The Morgan fingerprint density at radius 3 is 2.54 bits per heavy atom. The summed E-state index contributed by atoms with van der Waals surface area (Å²) in [6.45, 7) is 1.87. The van der Waals surface area contributed by atoms with Gasteiger partial charge in [-0.15, -0.1) is 0 Å². The predicted octanol–water partition coefficient (Wildman–Crippen LogP) is 0.966. The number of benzene rings is 1. The number of rotatable bonds is 5. The Bertz CT molecular complexity index is 796. The fourth-order valence-electron chi connectivity index (χ4n) is 2.89. The molecule has 3 rings (SSSR count). The normalized spacial score (nSPS) is 16.5. The molecule has 1 aromatic carbocycles. The van der Waals surface area contributed by atoms with Crippen LogP contribution in [0.3, 0.4) is 0 Å². The van der Waals surface area contributed by atoms with Gasteiger partial charge in [0, 0.05) is 32.0 Å². The second-order valence-electron chi connectivity index (χ2n) is 6.20. The molecule has 8 heteroatoms. The van der Waals surface area contributed by atoms with Gasteiger partial charge in [0.15, 0.2) is 11.4 Å². The third-order valence-electron chi connectivity index (χ3n) is 4.39. The van der Waals surface area contributed by atoms with Crippen LogP contribution in [0.15, 0.2) is 36.7 Å². The van der Waals surface area contributed by atoms with Crippen molar-refractivity contribution in [3.05, 3.63) is 59.4 Å². The number of nitrogens with zero attached hydrogens (tertiary/aromatic N) is 3. The molecule has 1 unspecified atom stereocenters. The number of nitrogens with one attached hydrogen (secondary N) is 1. The zero-order valence-electron chi connectivity index (χ0n) is 14.2. The van der Waals surface area contributed by atoms with E-state index in [0.29, 0.717) is 19.6 Å². The number of aromatic nitrogens is 2. The Kier molecular flexibility index (Phi) is 5.52. The van der Waals surface area contributed by atoms with Gasteiger partial charge in [-0.25, -0.2) is 14.4 Å². The van der Waals surface area contributed by atoms with Crippen molar-refractivity contribution < 1.29 is 14.0 Å². The van der Waals surface area contributed by atoms with Crippen molar-refractivity contribution in [2.45, 2.75) is 13.0 Å². The molecule has 1 atom stereocenters. The third kappa shape index (κ3) is 4.02. The number of likely N-dealkylation sites (tertiary alicyclic amines) is 1. The van der Waals surface area contributed by atoms with Gasteiger partial charge >= 0.3 is 0 Å². The second-order valence-corrected chi connectivity index (χ2v) is 6.20. The number of hydrogen-bond donors (Lipinski definition) is 2. The van der Waals surface area contributed by atoms with Crippen LogP contribution in [0.25, 0.3) is 0 Å². The summed E-state index contributed by atoms with van der Waals surface area (Å²) in [5, 5.41) is 2.69. The van der Waals surface area contributed by atoms with Gasteiger partial charge in [0.1, 0.15) is 5.82 Å². The highest BCUT2D eigenvalue weighted by Crippen LogP contribution is 2.18. The largest absolute Gasteiger partial charge is 0.347 e. The number of carbonyl (C=O) groups excluding carboxylic acids is 2. The van der Waals surface area contributed by atoms with E-state index in [1.807, 2.05) is 0 Å². The lowest BCUT2D eigenvalue weighted by molar-refractivity contribution is 0.0772. The first-order valence-electron chi connectivity index (χ1n) is 8.41. The first-order valence-corrected chi connectivity index (χ1v) is 8.41. The van der Waals surface area contributed by atoms with Crippen LogP contribution in [0, 0.1) is 11.7 Å². The topological polar surface area (TPSA) is 101 Å². The fraction of sp³-hybridized carbons (Fsp3) is 0.333. The van der Waals surface area contributed by atoms with E-state index in [9.17, 15) is 14.0 Å². The van der Waals surface area contributed by atoms with E-state index >= 15 is 0 Å². The van der Waals surface area contributed by atoms with E-state index in [-0.39, 0.29) is 35.6 Å². The Balaban J connectivity index is 1.71. The van der Waals surface area contributed by atoms with Gasteiger partial charge in [-0.3, -0.25) is 9.59 Å². The summed E-state index contributed by atoms with van der Waals surface area (Å²) in [6.07, 6.45) is 3.60. The maximum Gasteiger partial charge on any atom is 0.274 e. The smallest absolute Gasteiger partial charge is 0.274 e. The van der Waals surface area contributed by atoms with E-state index in [2.05, 4.69) is 15.3 Å². The van der Waals surface area contributed by atoms with Crippen molar-refractivity contribution in [1.82, 2.24) is 20.2 Å². The molecule has 1 aromatic heterocycles. The molecule has 26 heavy (non-hydrogen) atoms. The molecule has 1 aliphatic heterocycles. The van der Waals surface area contributed by atoms with Crippen LogP contribution in [-0.4, -0.2) is 46.3 Å². The van der Waals surface area contributed by atoms with Crippen molar-refractivity contribution in [3.8, 4) is 0 Å². The first kappa shape index (κ1) is 17.9. The Morgan fingerprint density at radius 2 is 1.88 bits per heavy atom. The number of carbonyl (C=O) groups is 2. The van der Waals surface area contributed by atoms with Crippen LogP contribution in [0.2, 0.25) is 0 Å². The molecule has 0 radical (unpaired) electrons. The predicted molar refractivity (Wildman–Crippen MR) is 92.7 cm³/mol. The monoisotopic (exact) mass is 357 g/mol. The van der Waals surface area contributed by atoms with E-state index in [1.165, 1.54) is 24.5 Å².